The first-order valence-electron chi connectivity index (χ1n) is 7.36. The molecule has 0 spiro atoms. The highest BCUT2D eigenvalue weighted by molar-refractivity contribution is 5.89. The molecule has 1 fully saturated rings. The minimum absolute atomic E-state index is 0.728. The first kappa shape index (κ1) is 12.7. The van der Waals surface area contributed by atoms with Crippen LogP contribution in [0.3, 0.4) is 0 Å². The second kappa shape index (κ2) is 4.68. The standard InChI is InChI=1S/C17H24N2/c1-11-9-12(2)16-15(10-11)19(4)13(3)17(16)14-5-7-18-8-6-14/h9-10,14,18H,5-8H2,1-4H3. The van der Waals surface area contributed by atoms with Gasteiger partial charge in [-0.25, -0.2) is 0 Å². The number of nitrogens with zero attached hydrogens (tertiary/aromatic N) is 1. The Kier molecular flexibility index (Phi) is 3.14. The summed E-state index contributed by atoms with van der Waals surface area (Å²) in [6.07, 6.45) is 2.54. The lowest BCUT2D eigenvalue weighted by atomic mass is 9.87. The highest BCUT2D eigenvalue weighted by atomic mass is 14.9. The van der Waals surface area contributed by atoms with E-state index in [1.807, 2.05) is 0 Å². The monoisotopic (exact) mass is 256 g/mol. The zero-order valence-electron chi connectivity index (χ0n) is 12.5. The predicted molar refractivity (Wildman–Crippen MR) is 82.0 cm³/mol. The van der Waals surface area contributed by atoms with Gasteiger partial charge in [-0.05, 0) is 75.4 Å². The van der Waals surface area contributed by atoms with E-state index in [4.69, 9.17) is 0 Å². The summed E-state index contributed by atoms with van der Waals surface area (Å²) in [5.41, 5.74) is 7.27. The topological polar surface area (TPSA) is 17.0 Å². The highest BCUT2D eigenvalue weighted by Gasteiger charge is 2.23. The van der Waals surface area contributed by atoms with Crippen molar-refractivity contribution in [3.8, 4) is 0 Å². The molecule has 102 valence electrons. The van der Waals surface area contributed by atoms with Crippen molar-refractivity contribution in [1.82, 2.24) is 9.88 Å². The lowest BCUT2D eigenvalue weighted by Gasteiger charge is -2.23. The molecule has 0 saturated carbocycles. The van der Waals surface area contributed by atoms with Gasteiger partial charge in [0.2, 0.25) is 0 Å². The van der Waals surface area contributed by atoms with E-state index in [9.17, 15) is 0 Å². The Morgan fingerprint density at radius 1 is 1.11 bits per heavy atom. The van der Waals surface area contributed by atoms with E-state index < -0.39 is 0 Å². The van der Waals surface area contributed by atoms with Crippen molar-refractivity contribution >= 4 is 10.9 Å². The van der Waals surface area contributed by atoms with Crippen LogP contribution in [0.1, 0.15) is 41.1 Å². The molecular weight excluding hydrogens is 232 g/mol. The maximum absolute atomic E-state index is 3.48. The van der Waals surface area contributed by atoms with E-state index in [2.05, 4.69) is 49.8 Å². The average molecular weight is 256 g/mol. The van der Waals surface area contributed by atoms with Gasteiger partial charge < -0.3 is 9.88 Å². The maximum Gasteiger partial charge on any atom is 0.0488 e. The minimum atomic E-state index is 0.728. The molecule has 19 heavy (non-hydrogen) atoms. The summed E-state index contributed by atoms with van der Waals surface area (Å²) < 4.78 is 2.38. The quantitative estimate of drug-likeness (QED) is 0.825. The van der Waals surface area contributed by atoms with Crippen LogP contribution in [-0.2, 0) is 7.05 Å². The maximum atomic E-state index is 3.48. The van der Waals surface area contributed by atoms with Gasteiger partial charge >= 0.3 is 0 Å². The molecule has 0 radical (unpaired) electrons. The summed E-state index contributed by atoms with van der Waals surface area (Å²) in [6, 6.07) is 4.66. The Morgan fingerprint density at radius 2 is 1.79 bits per heavy atom. The molecule has 0 atom stereocenters. The van der Waals surface area contributed by atoms with Crippen molar-refractivity contribution in [3.63, 3.8) is 0 Å². The smallest absolute Gasteiger partial charge is 0.0488 e. The third-order valence-electron chi connectivity index (χ3n) is 4.73. The van der Waals surface area contributed by atoms with Gasteiger partial charge in [-0.15, -0.1) is 0 Å². The molecule has 0 aliphatic carbocycles. The Hall–Kier alpha value is -1.28. The van der Waals surface area contributed by atoms with Gasteiger partial charge in [-0.2, -0.15) is 0 Å². The summed E-state index contributed by atoms with van der Waals surface area (Å²) in [7, 11) is 2.21. The van der Waals surface area contributed by atoms with Crippen molar-refractivity contribution in [2.24, 2.45) is 7.05 Å². The van der Waals surface area contributed by atoms with E-state index >= 15 is 0 Å². The number of hydrogen-bond donors (Lipinski definition) is 1. The first-order chi connectivity index (χ1) is 9.09. The van der Waals surface area contributed by atoms with E-state index in [0.29, 0.717) is 0 Å². The molecule has 2 aromatic rings. The van der Waals surface area contributed by atoms with Gasteiger partial charge in [0.25, 0.3) is 0 Å². The Balaban J connectivity index is 2.25. The Labute approximate surface area is 115 Å². The van der Waals surface area contributed by atoms with Gasteiger partial charge in [0.05, 0.1) is 0 Å². The third-order valence-corrected chi connectivity index (χ3v) is 4.73. The number of aryl methyl sites for hydroxylation is 3. The number of benzene rings is 1. The normalized spacial score (nSPS) is 17.3. The number of fused-ring (bicyclic) bond motifs is 1. The van der Waals surface area contributed by atoms with Crippen LogP contribution in [0.25, 0.3) is 10.9 Å². The van der Waals surface area contributed by atoms with Gasteiger partial charge in [0.1, 0.15) is 0 Å². The Morgan fingerprint density at radius 3 is 2.47 bits per heavy atom. The largest absolute Gasteiger partial charge is 0.348 e. The van der Waals surface area contributed by atoms with Crippen LogP contribution in [0.4, 0.5) is 0 Å². The summed E-state index contributed by atoms with van der Waals surface area (Å²) >= 11 is 0. The molecule has 2 heteroatoms. The van der Waals surface area contributed by atoms with E-state index in [1.54, 1.807) is 5.56 Å². The lowest BCUT2D eigenvalue weighted by Crippen LogP contribution is -2.26. The van der Waals surface area contributed by atoms with Crippen LogP contribution in [-0.4, -0.2) is 17.7 Å². The van der Waals surface area contributed by atoms with Crippen LogP contribution in [0, 0.1) is 20.8 Å². The van der Waals surface area contributed by atoms with Crippen molar-refractivity contribution in [2.75, 3.05) is 13.1 Å². The van der Waals surface area contributed by atoms with Gasteiger partial charge in [0, 0.05) is 23.6 Å². The van der Waals surface area contributed by atoms with Crippen molar-refractivity contribution < 1.29 is 0 Å². The lowest BCUT2D eigenvalue weighted by molar-refractivity contribution is 0.460. The van der Waals surface area contributed by atoms with Crippen LogP contribution >= 0.6 is 0 Å². The fourth-order valence-corrected chi connectivity index (χ4v) is 3.71. The summed E-state index contributed by atoms with van der Waals surface area (Å²) in [4.78, 5) is 0. The van der Waals surface area contributed by atoms with Crippen LogP contribution < -0.4 is 5.32 Å². The van der Waals surface area contributed by atoms with Crippen molar-refractivity contribution in [3.05, 3.63) is 34.5 Å². The number of rotatable bonds is 1. The van der Waals surface area contributed by atoms with Crippen molar-refractivity contribution in [1.29, 1.82) is 0 Å². The molecule has 2 nitrogen and oxygen atoms in total. The molecule has 1 saturated heterocycles. The van der Waals surface area contributed by atoms with Gasteiger partial charge in [-0.3, -0.25) is 0 Å². The third kappa shape index (κ3) is 1.99. The molecule has 2 heterocycles. The van der Waals surface area contributed by atoms with Gasteiger partial charge in [0.15, 0.2) is 0 Å². The second-order valence-electron chi connectivity index (χ2n) is 6.06. The molecule has 0 unspecified atom stereocenters. The summed E-state index contributed by atoms with van der Waals surface area (Å²) in [6.45, 7) is 9.06. The fraction of sp³-hybridized carbons (Fsp3) is 0.529. The fourth-order valence-electron chi connectivity index (χ4n) is 3.71. The molecule has 1 aromatic heterocycles. The van der Waals surface area contributed by atoms with E-state index in [1.165, 1.54) is 40.6 Å². The van der Waals surface area contributed by atoms with Crippen LogP contribution in [0.15, 0.2) is 12.1 Å². The number of piperidine rings is 1. The SMILES string of the molecule is Cc1cc(C)c2c(C3CCNCC3)c(C)n(C)c2c1. The number of aromatic nitrogens is 1. The molecule has 1 aliphatic rings. The summed E-state index contributed by atoms with van der Waals surface area (Å²) in [5.74, 6) is 0.728. The minimum Gasteiger partial charge on any atom is -0.348 e. The van der Waals surface area contributed by atoms with Crippen LogP contribution in [0.5, 0.6) is 0 Å². The molecule has 0 amide bonds. The highest BCUT2D eigenvalue weighted by Crippen LogP contribution is 2.37. The van der Waals surface area contributed by atoms with E-state index in [0.717, 1.165) is 19.0 Å². The first-order valence-corrected chi connectivity index (χ1v) is 7.36. The Bertz CT molecular complexity index is 616. The number of hydrogen-bond acceptors (Lipinski definition) is 1. The zero-order valence-corrected chi connectivity index (χ0v) is 12.5. The van der Waals surface area contributed by atoms with Crippen molar-refractivity contribution in [2.45, 2.75) is 39.5 Å². The molecule has 1 aromatic carbocycles. The molecule has 1 aliphatic heterocycles. The molecule has 3 rings (SSSR count). The zero-order chi connectivity index (χ0) is 13.6. The van der Waals surface area contributed by atoms with Crippen LogP contribution in [0.2, 0.25) is 0 Å². The second-order valence-corrected chi connectivity index (χ2v) is 6.06. The van der Waals surface area contributed by atoms with Gasteiger partial charge in [-0.1, -0.05) is 6.07 Å². The summed E-state index contributed by atoms with van der Waals surface area (Å²) in [5, 5.41) is 4.99. The molecule has 1 N–H and O–H groups in total. The predicted octanol–water partition coefficient (Wildman–Crippen LogP) is 3.57. The molecule has 0 bridgehead atoms. The van der Waals surface area contributed by atoms with E-state index in [-0.39, 0.29) is 0 Å². The molecular formula is C17H24N2. The number of nitrogens with one attached hydrogen (secondary N) is 1. The average Bonchev–Trinajstić information content (AvgIpc) is 2.64.